The first-order valence-corrected chi connectivity index (χ1v) is 13.8. The van der Waals surface area contributed by atoms with E-state index in [4.69, 9.17) is 32.7 Å². The van der Waals surface area contributed by atoms with Crippen molar-refractivity contribution in [2.45, 2.75) is 82.2 Å². The largest absolute Gasteiger partial charge is 0.466 e. The lowest BCUT2D eigenvalue weighted by molar-refractivity contribution is -0.143. The molecule has 1 N–H and O–H groups in total. The summed E-state index contributed by atoms with van der Waals surface area (Å²) in [6.45, 7) is 5.79. The van der Waals surface area contributed by atoms with Crippen LogP contribution < -0.4 is 0 Å². The molecule has 0 spiro atoms. The van der Waals surface area contributed by atoms with Crippen molar-refractivity contribution in [3.8, 4) is 0 Å². The number of hydrogen-bond acceptors (Lipinski definition) is 5. The summed E-state index contributed by atoms with van der Waals surface area (Å²) in [5.41, 5.74) is 2.90. The van der Waals surface area contributed by atoms with Crippen LogP contribution in [0.2, 0.25) is 5.02 Å². The van der Waals surface area contributed by atoms with E-state index in [0.717, 1.165) is 48.9 Å². The van der Waals surface area contributed by atoms with Gasteiger partial charge >= 0.3 is 5.97 Å². The van der Waals surface area contributed by atoms with Crippen molar-refractivity contribution in [2.75, 3.05) is 26.3 Å². The number of rotatable bonds is 13. The number of ether oxygens (including phenoxy) is 2. The molecule has 3 unspecified atom stereocenters. The maximum Gasteiger partial charge on any atom is 0.306 e. The molecular weight excluding hydrogens is 504 g/mol. The van der Waals surface area contributed by atoms with Crippen LogP contribution in [0.1, 0.15) is 63.2 Å². The first-order valence-electron chi connectivity index (χ1n) is 12.9. The zero-order valence-electron chi connectivity index (χ0n) is 21.2. The Bertz CT molecular complexity index is 925. The molecule has 1 fully saturated rings. The van der Waals surface area contributed by atoms with Gasteiger partial charge in [-0.3, -0.25) is 9.69 Å². The van der Waals surface area contributed by atoms with Gasteiger partial charge in [0, 0.05) is 24.0 Å². The molecule has 0 radical (unpaired) electrons. The lowest BCUT2D eigenvalue weighted by Gasteiger charge is -2.29. The highest BCUT2D eigenvalue weighted by atomic mass is 35.5. The Labute approximate surface area is 224 Å². The van der Waals surface area contributed by atoms with Crippen LogP contribution >= 0.6 is 23.2 Å². The molecule has 36 heavy (non-hydrogen) atoms. The van der Waals surface area contributed by atoms with Gasteiger partial charge in [0.05, 0.1) is 30.8 Å². The van der Waals surface area contributed by atoms with Crippen molar-refractivity contribution in [3.63, 3.8) is 0 Å². The molecule has 200 valence electrons. The van der Waals surface area contributed by atoms with Crippen molar-refractivity contribution in [1.29, 1.82) is 0 Å². The minimum atomic E-state index is -1.15. The number of alkyl halides is 2. The number of aliphatic hydroxyl groups excluding tert-OH is 1. The molecule has 1 aliphatic heterocycles. The third-order valence-electron chi connectivity index (χ3n) is 6.80. The fraction of sp³-hybridized carbons (Fsp3) is 0.607. The second-order valence-corrected chi connectivity index (χ2v) is 10.5. The average Bonchev–Trinajstić information content (AvgIpc) is 3.27. The van der Waals surface area contributed by atoms with E-state index in [1.165, 1.54) is 0 Å². The van der Waals surface area contributed by atoms with Crippen molar-refractivity contribution in [3.05, 3.63) is 58.1 Å². The van der Waals surface area contributed by atoms with Crippen LogP contribution in [-0.4, -0.2) is 66.0 Å². The number of allylic oxidation sites excluding steroid dienone is 3. The maximum atomic E-state index is 14.0. The van der Waals surface area contributed by atoms with E-state index in [9.17, 15) is 14.3 Å². The van der Waals surface area contributed by atoms with Gasteiger partial charge in [-0.25, -0.2) is 4.39 Å². The molecule has 2 aliphatic rings. The molecule has 0 saturated carbocycles. The van der Waals surface area contributed by atoms with E-state index in [1.807, 2.05) is 31.2 Å². The number of likely N-dealkylation sites (tertiary alicyclic amines) is 1. The highest BCUT2D eigenvalue weighted by Gasteiger charge is 2.28. The third-order valence-corrected chi connectivity index (χ3v) is 7.42. The summed E-state index contributed by atoms with van der Waals surface area (Å²) in [6, 6.07) is 5.90. The number of nitrogens with zero attached hydrogens (tertiary/aromatic N) is 1. The van der Waals surface area contributed by atoms with Gasteiger partial charge in [0.25, 0.3) is 0 Å². The number of hydrogen-bond donors (Lipinski definition) is 1. The summed E-state index contributed by atoms with van der Waals surface area (Å²) >= 11 is 12.2. The Morgan fingerprint density at radius 3 is 2.86 bits per heavy atom. The zero-order valence-corrected chi connectivity index (χ0v) is 22.7. The first-order chi connectivity index (χ1) is 17.3. The molecule has 0 bridgehead atoms. The van der Waals surface area contributed by atoms with Crippen LogP contribution in [0.3, 0.4) is 0 Å². The van der Waals surface area contributed by atoms with Gasteiger partial charge in [-0.05, 0) is 80.5 Å². The van der Waals surface area contributed by atoms with Crippen LogP contribution in [0.15, 0.2) is 42.0 Å². The fourth-order valence-electron chi connectivity index (χ4n) is 5.00. The summed E-state index contributed by atoms with van der Waals surface area (Å²) in [7, 11) is 0. The lowest BCUT2D eigenvalue weighted by atomic mass is 9.97. The average molecular weight is 543 g/mol. The van der Waals surface area contributed by atoms with E-state index in [0.29, 0.717) is 24.6 Å². The van der Waals surface area contributed by atoms with Crippen molar-refractivity contribution >= 4 is 29.2 Å². The summed E-state index contributed by atoms with van der Waals surface area (Å²) in [5.74, 6) is -0.239. The summed E-state index contributed by atoms with van der Waals surface area (Å²) in [4.78, 5) is 14.1. The summed E-state index contributed by atoms with van der Waals surface area (Å²) in [5, 5.41) is 10.8. The van der Waals surface area contributed by atoms with Crippen LogP contribution in [0.25, 0.3) is 0 Å². The van der Waals surface area contributed by atoms with E-state index in [-0.39, 0.29) is 31.1 Å². The van der Waals surface area contributed by atoms with Crippen LogP contribution in [0.5, 0.6) is 0 Å². The number of aliphatic hydroxyl groups is 1. The number of benzene rings is 1. The molecule has 3 rings (SSSR count). The van der Waals surface area contributed by atoms with Gasteiger partial charge in [-0.15, -0.1) is 11.6 Å². The highest BCUT2D eigenvalue weighted by Crippen LogP contribution is 2.30. The second kappa shape index (κ2) is 14.5. The van der Waals surface area contributed by atoms with E-state index >= 15 is 0 Å². The molecule has 5 atom stereocenters. The number of β-amino-alcohol motifs (C(OH)–C–C–N with tert-alkyl or cyclic N) is 1. The van der Waals surface area contributed by atoms with Gasteiger partial charge in [-0.2, -0.15) is 0 Å². The van der Waals surface area contributed by atoms with Gasteiger partial charge < -0.3 is 14.6 Å². The summed E-state index contributed by atoms with van der Waals surface area (Å²) in [6.07, 6.45) is 7.57. The topological polar surface area (TPSA) is 59.0 Å². The van der Waals surface area contributed by atoms with Crippen molar-refractivity contribution in [1.82, 2.24) is 4.90 Å². The molecule has 1 saturated heterocycles. The minimum Gasteiger partial charge on any atom is -0.466 e. The molecule has 1 heterocycles. The predicted octanol–water partition coefficient (Wildman–Crippen LogP) is 5.96. The predicted molar refractivity (Wildman–Crippen MR) is 142 cm³/mol. The molecule has 1 aliphatic carbocycles. The maximum absolute atomic E-state index is 14.0. The van der Waals surface area contributed by atoms with E-state index in [1.54, 1.807) is 19.1 Å². The molecule has 1 aromatic carbocycles. The number of aryl methyl sites for hydroxylation is 1. The molecule has 0 amide bonds. The number of halogens is 3. The quantitative estimate of drug-likeness (QED) is 0.246. The van der Waals surface area contributed by atoms with Gasteiger partial charge in [0.1, 0.15) is 6.17 Å². The number of esters is 1. The number of carbonyl (C=O) groups excluding carboxylic acids is 1. The van der Waals surface area contributed by atoms with Gasteiger partial charge in [0.15, 0.2) is 0 Å². The Kier molecular flexibility index (Phi) is 11.7. The Morgan fingerprint density at radius 2 is 2.14 bits per heavy atom. The Morgan fingerprint density at radius 1 is 1.33 bits per heavy atom. The van der Waals surface area contributed by atoms with Gasteiger partial charge in [0.2, 0.25) is 0 Å². The fourth-order valence-corrected chi connectivity index (χ4v) is 5.34. The normalized spacial score (nSPS) is 23.9. The van der Waals surface area contributed by atoms with E-state index < -0.39 is 17.7 Å². The summed E-state index contributed by atoms with van der Waals surface area (Å²) < 4.78 is 25.2. The minimum absolute atomic E-state index is 0.199. The molecule has 8 heteroatoms. The third kappa shape index (κ3) is 8.56. The zero-order chi connectivity index (χ0) is 26.1. The molecular formula is C28H38Cl2FNO4. The van der Waals surface area contributed by atoms with Gasteiger partial charge in [-0.1, -0.05) is 36.7 Å². The van der Waals surface area contributed by atoms with Crippen LogP contribution in [0.4, 0.5) is 4.39 Å². The lowest BCUT2D eigenvalue weighted by Crippen LogP contribution is -2.38. The molecule has 5 nitrogen and oxygen atoms in total. The smallest absolute Gasteiger partial charge is 0.306 e. The molecule has 0 aromatic heterocycles. The Balaban J connectivity index is 1.55. The first kappa shape index (κ1) is 29.1. The van der Waals surface area contributed by atoms with Crippen molar-refractivity contribution in [2.24, 2.45) is 0 Å². The highest BCUT2D eigenvalue weighted by molar-refractivity contribution is 6.30. The van der Waals surface area contributed by atoms with E-state index in [2.05, 4.69) is 4.90 Å². The standard InChI is InChI=1S/C28H38Cl2FNO4/c1-3-27(24-10-9-21(29)16-20(24)8-12-28(34)35-4-2)36-18-23(33)17-32-13-5-6-22(32)14-19-7-11-25(30)26(31)15-19/h7,9-11,15-16,22-23,25-27,33H,3-6,8,12-14,17-18H2,1-2H3/t22-,23+,25?,26?,27?/m0/s1. The second-order valence-electron chi connectivity index (χ2n) is 9.52. The SMILES string of the molecule is CCOC(=O)CCc1cc(Cl)ccc1C(CC)OC[C@H](O)CN1CCC[C@H]1CC1=CC(F)C(Cl)C=C1. The monoisotopic (exact) mass is 541 g/mol. The number of carbonyl (C=O) groups is 1. The van der Waals surface area contributed by atoms with Crippen LogP contribution in [-0.2, 0) is 20.7 Å². The van der Waals surface area contributed by atoms with Crippen molar-refractivity contribution < 1.29 is 23.8 Å². The van der Waals surface area contributed by atoms with Crippen LogP contribution in [0, 0.1) is 0 Å². The molecule has 1 aromatic rings. The Hall–Kier alpha value is -1.44.